The molecule has 0 saturated carbocycles. The van der Waals surface area contributed by atoms with Crippen molar-refractivity contribution in [1.82, 2.24) is 4.98 Å². The number of pyridine rings is 1. The predicted octanol–water partition coefficient (Wildman–Crippen LogP) is 0.627. The smallest absolute Gasteiger partial charge is 0.276 e. The third-order valence-corrected chi connectivity index (χ3v) is 3.32. The van der Waals surface area contributed by atoms with Gasteiger partial charge in [-0.25, -0.2) is 10.8 Å². The first kappa shape index (κ1) is 13.5. The number of piperidine rings is 1. The lowest BCUT2D eigenvalue weighted by molar-refractivity contribution is -0.384. The molecule has 1 aliphatic rings. The lowest BCUT2D eigenvalue weighted by atomic mass is 9.94. The Morgan fingerprint density at radius 1 is 1.53 bits per heavy atom. The number of nitrogen functional groups attached to an aromatic ring is 1. The van der Waals surface area contributed by atoms with E-state index in [2.05, 4.69) is 10.4 Å². The maximum absolute atomic E-state index is 10.9. The van der Waals surface area contributed by atoms with Gasteiger partial charge in [-0.15, -0.1) is 0 Å². The second kappa shape index (κ2) is 4.98. The summed E-state index contributed by atoms with van der Waals surface area (Å²) in [6.45, 7) is 2.99. The van der Waals surface area contributed by atoms with Gasteiger partial charge in [0.05, 0.1) is 22.7 Å². The number of nitrogens with zero attached hydrogens (tertiary/aromatic N) is 3. The largest absolute Gasteiger partial charge is 0.390 e. The molecule has 0 spiro atoms. The second-order valence-electron chi connectivity index (χ2n) is 4.95. The molecule has 0 atom stereocenters. The van der Waals surface area contributed by atoms with E-state index in [0.717, 1.165) is 0 Å². The monoisotopic (exact) mass is 267 g/mol. The molecule has 1 aromatic rings. The zero-order valence-corrected chi connectivity index (χ0v) is 10.7. The Morgan fingerprint density at radius 2 is 2.16 bits per heavy atom. The molecule has 0 aliphatic carbocycles. The molecule has 1 aliphatic heterocycles. The summed E-state index contributed by atoms with van der Waals surface area (Å²) in [4.78, 5) is 16.5. The van der Waals surface area contributed by atoms with Crippen molar-refractivity contribution in [2.45, 2.75) is 25.4 Å². The van der Waals surface area contributed by atoms with Crippen LogP contribution >= 0.6 is 0 Å². The molecular weight excluding hydrogens is 250 g/mol. The van der Waals surface area contributed by atoms with Crippen molar-refractivity contribution in [3.63, 3.8) is 0 Å². The van der Waals surface area contributed by atoms with E-state index in [4.69, 9.17) is 5.84 Å². The van der Waals surface area contributed by atoms with Gasteiger partial charge in [-0.2, -0.15) is 0 Å². The van der Waals surface area contributed by atoms with Gasteiger partial charge in [-0.05, 0) is 19.8 Å². The molecule has 19 heavy (non-hydrogen) atoms. The number of hydrogen-bond donors (Lipinski definition) is 3. The molecule has 2 rings (SSSR count). The van der Waals surface area contributed by atoms with Gasteiger partial charge < -0.3 is 15.4 Å². The summed E-state index contributed by atoms with van der Waals surface area (Å²) in [6.07, 6.45) is 1.20. The standard InChI is InChI=1S/C11H17N5O3/c1-11(17)2-4-15(5-3-11)10-7-8(16(18)19)6-9(13-10)14-12/h6-7,17H,2-5,12H2,1H3,(H,13,14). The highest BCUT2D eigenvalue weighted by atomic mass is 16.6. The number of hydrogen-bond acceptors (Lipinski definition) is 7. The van der Waals surface area contributed by atoms with Crippen LogP contribution in [0.3, 0.4) is 0 Å². The van der Waals surface area contributed by atoms with Crippen molar-refractivity contribution < 1.29 is 10.0 Å². The van der Waals surface area contributed by atoms with Crippen molar-refractivity contribution >= 4 is 17.3 Å². The second-order valence-corrected chi connectivity index (χ2v) is 4.95. The van der Waals surface area contributed by atoms with E-state index in [0.29, 0.717) is 31.7 Å². The zero-order valence-electron chi connectivity index (χ0n) is 10.7. The summed E-state index contributed by atoms with van der Waals surface area (Å²) in [5.41, 5.74) is 1.59. The van der Waals surface area contributed by atoms with E-state index >= 15 is 0 Å². The van der Waals surface area contributed by atoms with Crippen LogP contribution in [0.25, 0.3) is 0 Å². The van der Waals surface area contributed by atoms with E-state index in [1.807, 2.05) is 4.90 Å². The molecule has 1 saturated heterocycles. The third kappa shape index (κ3) is 3.09. The number of anilines is 2. The first-order valence-electron chi connectivity index (χ1n) is 6.02. The first-order chi connectivity index (χ1) is 8.91. The van der Waals surface area contributed by atoms with Gasteiger partial charge >= 0.3 is 0 Å². The molecular formula is C11H17N5O3. The van der Waals surface area contributed by atoms with Gasteiger partial charge in [-0.3, -0.25) is 10.1 Å². The Labute approximate surface area is 110 Å². The molecule has 0 aromatic carbocycles. The Hall–Kier alpha value is -1.93. The maximum atomic E-state index is 10.9. The van der Waals surface area contributed by atoms with E-state index in [1.54, 1.807) is 6.92 Å². The van der Waals surface area contributed by atoms with Crippen LogP contribution in [0.4, 0.5) is 17.3 Å². The van der Waals surface area contributed by atoms with Crippen LogP contribution in [0.2, 0.25) is 0 Å². The van der Waals surface area contributed by atoms with E-state index in [9.17, 15) is 15.2 Å². The number of nitrogens with two attached hydrogens (primary N) is 1. The fourth-order valence-corrected chi connectivity index (χ4v) is 2.06. The van der Waals surface area contributed by atoms with Crippen LogP contribution in [0.1, 0.15) is 19.8 Å². The highest BCUT2D eigenvalue weighted by molar-refractivity contribution is 5.55. The number of aromatic nitrogens is 1. The number of hydrazine groups is 1. The summed E-state index contributed by atoms with van der Waals surface area (Å²) in [6, 6.07) is 2.70. The molecule has 0 amide bonds. The Balaban J connectivity index is 2.24. The van der Waals surface area contributed by atoms with Gasteiger partial charge in [-0.1, -0.05) is 0 Å². The summed E-state index contributed by atoms with van der Waals surface area (Å²) >= 11 is 0. The fourth-order valence-electron chi connectivity index (χ4n) is 2.06. The Bertz CT molecular complexity index is 481. The molecule has 8 heteroatoms. The van der Waals surface area contributed by atoms with E-state index in [1.165, 1.54) is 12.1 Å². The van der Waals surface area contributed by atoms with Crippen LogP contribution in [0.5, 0.6) is 0 Å². The number of nitrogens with one attached hydrogen (secondary N) is 1. The zero-order chi connectivity index (χ0) is 14.0. The van der Waals surface area contributed by atoms with Crippen molar-refractivity contribution in [3.05, 3.63) is 22.2 Å². The van der Waals surface area contributed by atoms with Crippen LogP contribution < -0.4 is 16.2 Å². The quantitative estimate of drug-likeness (QED) is 0.417. The minimum Gasteiger partial charge on any atom is -0.390 e. The normalized spacial score (nSPS) is 18.2. The molecule has 8 nitrogen and oxygen atoms in total. The van der Waals surface area contributed by atoms with Gasteiger partial charge in [0.1, 0.15) is 11.6 Å². The molecule has 1 fully saturated rings. The van der Waals surface area contributed by atoms with Gasteiger partial charge in [0.25, 0.3) is 5.69 Å². The topological polar surface area (TPSA) is 118 Å². The number of aliphatic hydroxyl groups is 1. The first-order valence-corrected chi connectivity index (χ1v) is 6.02. The summed E-state index contributed by atoms with van der Waals surface area (Å²) in [5.74, 6) is 6.02. The van der Waals surface area contributed by atoms with Gasteiger partial charge in [0.2, 0.25) is 0 Å². The van der Waals surface area contributed by atoms with E-state index in [-0.39, 0.29) is 11.5 Å². The minimum atomic E-state index is -0.674. The third-order valence-electron chi connectivity index (χ3n) is 3.32. The lowest BCUT2D eigenvalue weighted by Gasteiger charge is -2.36. The van der Waals surface area contributed by atoms with E-state index < -0.39 is 10.5 Å². The SMILES string of the molecule is CC1(O)CCN(c2cc([N+](=O)[O-])cc(NN)n2)CC1. The number of rotatable bonds is 3. The molecule has 4 N–H and O–H groups in total. The summed E-state index contributed by atoms with van der Waals surface area (Å²) in [5, 5.41) is 20.8. The van der Waals surface area contributed by atoms with Crippen molar-refractivity contribution in [1.29, 1.82) is 0 Å². The Kier molecular flexibility index (Phi) is 3.54. The van der Waals surface area contributed by atoms with Crippen LogP contribution in [-0.4, -0.2) is 33.7 Å². The molecule has 0 bridgehead atoms. The predicted molar refractivity (Wildman–Crippen MR) is 70.8 cm³/mol. The average molecular weight is 267 g/mol. The molecule has 0 radical (unpaired) electrons. The lowest BCUT2D eigenvalue weighted by Crippen LogP contribution is -2.42. The summed E-state index contributed by atoms with van der Waals surface area (Å²) in [7, 11) is 0. The number of nitro groups is 1. The highest BCUT2D eigenvalue weighted by Crippen LogP contribution is 2.28. The van der Waals surface area contributed by atoms with Crippen LogP contribution in [0, 0.1) is 10.1 Å². The molecule has 0 unspecified atom stereocenters. The van der Waals surface area contributed by atoms with Crippen LogP contribution in [0.15, 0.2) is 12.1 Å². The van der Waals surface area contributed by atoms with Crippen molar-refractivity contribution in [3.8, 4) is 0 Å². The fraction of sp³-hybridized carbons (Fsp3) is 0.545. The Morgan fingerprint density at radius 3 is 2.68 bits per heavy atom. The van der Waals surface area contributed by atoms with Crippen LogP contribution in [-0.2, 0) is 0 Å². The van der Waals surface area contributed by atoms with Gasteiger partial charge in [0, 0.05) is 13.1 Å². The molecule has 104 valence electrons. The highest BCUT2D eigenvalue weighted by Gasteiger charge is 2.28. The van der Waals surface area contributed by atoms with Crippen molar-refractivity contribution in [2.24, 2.45) is 5.84 Å². The van der Waals surface area contributed by atoms with Gasteiger partial charge in [0.15, 0.2) is 0 Å². The van der Waals surface area contributed by atoms with Crippen molar-refractivity contribution in [2.75, 3.05) is 23.4 Å². The minimum absolute atomic E-state index is 0.0599. The average Bonchev–Trinajstić information content (AvgIpc) is 2.38. The molecule has 2 heterocycles. The molecule has 1 aromatic heterocycles. The summed E-state index contributed by atoms with van der Waals surface area (Å²) < 4.78 is 0. The maximum Gasteiger partial charge on any atom is 0.276 e.